The van der Waals surface area contributed by atoms with Crippen LogP contribution in [-0.4, -0.2) is 6.54 Å². The zero-order valence-corrected chi connectivity index (χ0v) is 7.80. The molecule has 0 radical (unpaired) electrons. The molecular weight excluding hydrogens is 146 g/mol. The summed E-state index contributed by atoms with van der Waals surface area (Å²) >= 11 is 0. The van der Waals surface area contributed by atoms with Crippen molar-refractivity contribution in [2.75, 3.05) is 11.4 Å². The molecule has 1 heteroatoms. The Balaban J connectivity index is 2.36. The van der Waals surface area contributed by atoms with Crippen molar-refractivity contribution in [1.29, 1.82) is 0 Å². The number of hydrogen-bond acceptors (Lipinski definition) is 1. The van der Waals surface area contributed by atoms with E-state index in [9.17, 15) is 0 Å². The summed E-state index contributed by atoms with van der Waals surface area (Å²) in [5.74, 6) is 0. The maximum absolute atomic E-state index is 2.41. The lowest BCUT2D eigenvalue weighted by Gasteiger charge is -2.36. The van der Waals surface area contributed by atoms with Crippen molar-refractivity contribution in [2.24, 2.45) is 0 Å². The van der Waals surface area contributed by atoms with Gasteiger partial charge in [-0.1, -0.05) is 19.1 Å². The molecule has 0 unspecified atom stereocenters. The van der Waals surface area contributed by atoms with Crippen LogP contribution in [0, 0.1) is 0 Å². The molecule has 0 atom stereocenters. The zero-order chi connectivity index (χ0) is 8.55. The molecule has 2 rings (SSSR count). The first-order chi connectivity index (χ1) is 5.86. The lowest BCUT2D eigenvalue weighted by atomic mass is 9.96. The molecule has 0 saturated heterocycles. The number of benzene rings is 1. The predicted molar refractivity (Wildman–Crippen MR) is 52.5 cm³/mol. The Morgan fingerprint density at radius 2 is 2.17 bits per heavy atom. The second-order valence-electron chi connectivity index (χ2n) is 3.28. The van der Waals surface area contributed by atoms with Gasteiger partial charge in [-0.05, 0) is 30.5 Å². The van der Waals surface area contributed by atoms with Crippen molar-refractivity contribution in [3.05, 3.63) is 29.3 Å². The van der Waals surface area contributed by atoms with Crippen molar-refractivity contribution >= 4 is 5.69 Å². The SMILES string of the molecule is CCc1cccc2c1CN2CC. The molecule has 0 saturated carbocycles. The van der Waals surface area contributed by atoms with Gasteiger partial charge < -0.3 is 4.90 Å². The van der Waals surface area contributed by atoms with E-state index in [2.05, 4.69) is 36.9 Å². The van der Waals surface area contributed by atoms with Gasteiger partial charge in [0.05, 0.1) is 0 Å². The van der Waals surface area contributed by atoms with Gasteiger partial charge >= 0.3 is 0 Å². The lowest BCUT2D eigenvalue weighted by Crippen LogP contribution is -2.32. The Hall–Kier alpha value is -0.980. The van der Waals surface area contributed by atoms with Crippen LogP contribution < -0.4 is 4.90 Å². The molecule has 64 valence electrons. The maximum Gasteiger partial charge on any atom is 0.0452 e. The second kappa shape index (κ2) is 2.81. The summed E-state index contributed by atoms with van der Waals surface area (Å²) < 4.78 is 0. The summed E-state index contributed by atoms with van der Waals surface area (Å²) in [5.41, 5.74) is 4.55. The molecule has 1 nitrogen and oxygen atoms in total. The first kappa shape index (κ1) is 7.66. The number of fused-ring (bicyclic) bond motifs is 1. The van der Waals surface area contributed by atoms with E-state index in [4.69, 9.17) is 0 Å². The highest BCUT2D eigenvalue weighted by molar-refractivity contribution is 5.65. The number of nitrogens with zero attached hydrogens (tertiary/aromatic N) is 1. The first-order valence-corrected chi connectivity index (χ1v) is 4.72. The Morgan fingerprint density at radius 3 is 2.83 bits per heavy atom. The van der Waals surface area contributed by atoms with Crippen molar-refractivity contribution in [2.45, 2.75) is 26.8 Å². The van der Waals surface area contributed by atoms with E-state index in [0.29, 0.717) is 0 Å². The summed E-state index contributed by atoms with van der Waals surface area (Å²) in [6.45, 7) is 6.74. The molecule has 0 bridgehead atoms. The fourth-order valence-electron chi connectivity index (χ4n) is 1.90. The summed E-state index contributed by atoms with van der Waals surface area (Å²) in [6, 6.07) is 6.63. The van der Waals surface area contributed by atoms with Gasteiger partial charge in [-0.3, -0.25) is 0 Å². The molecule has 0 aromatic heterocycles. The Labute approximate surface area is 74.0 Å². The third-order valence-electron chi connectivity index (χ3n) is 2.70. The molecule has 12 heavy (non-hydrogen) atoms. The van der Waals surface area contributed by atoms with E-state index >= 15 is 0 Å². The van der Waals surface area contributed by atoms with Crippen molar-refractivity contribution in [3.63, 3.8) is 0 Å². The summed E-state index contributed by atoms with van der Waals surface area (Å²) in [5, 5.41) is 0. The molecule has 1 aromatic carbocycles. The molecule has 1 aliphatic rings. The zero-order valence-electron chi connectivity index (χ0n) is 7.80. The predicted octanol–water partition coefficient (Wildman–Crippen LogP) is 2.59. The fourth-order valence-corrected chi connectivity index (χ4v) is 1.90. The Kier molecular flexibility index (Phi) is 1.80. The Bertz CT molecular complexity index is 291. The average Bonchev–Trinajstić information content (AvgIpc) is 2.07. The van der Waals surface area contributed by atoms with Gasteiger partial charge in [0.2, 0.25) is 0 Å². The first-order valence-electron chi connectivity index (χ1n) is 4.72. The van der Waals surface area contributed by atoms with E-state index in [1.807, 2.05) is 0 Å². The van der Waals surface area contributed by atoms with Crippen molar-refractivity contribution in [3.8, 4) is 0 Å². The molecule has 1 aromatic rings. The number of anilines is 1. The Morgan fingerprint density at radius 1 is 1.33 bits per heavy atom. The molecular formula is C11H15N. The highest BCUT2D eigenvalue weighted by Gasteiger charge is 2.22. The summed E-state index contributed by atoms with van der Waals surface area (Å²) in [7, 11) is 0. The fraction of sp³-hybridized carbons (Fsp3) is 0.455. The van der Waals surface area contributed by atoms with Crippen LogP contribution in [-0.2, 0) is 13.0 Å². The van der Waals surface area contributed by atoms with Crippen molar-refractivity contribution in [1.82, 2.24) is 0 Å². The van der Waals surface area contributed by atoms with Crippen LogP contribution in [0.15, 0.2) is 18.2 Å². The largest absolute Gasteiger partial charge is 0.367 e. The quantitative estimate of drug-likeness (QED) is 0.644. The van der Waals surface area contributed by atoms with Crippen molar-refractivity contribution < 1.29 is 0 Å². The topological polar surface area (TPSA) is 3.24 Å². The van der Waals surface area contributed by atoms with Crippen LogP contribution in [0.3, 0.4) is 0 Å². The van der Waals surface area contributed by atoms with Gasteiger partial charge in [-0.15, -0.1) is 0 Å². The maximum atomic E-state index is 2.41. The number of aryl methyl sites for hydroxylation is 1. The average molecular weight is 161 g/mol. The van der Waals surface area contributed by atoms with Gasteiger partial charge in [0.15, 0.2) is 0 Å². The van der Waals surface area contributed by atoms with Crippen LogP contribution in [0.25, 0.3) is 0 Å². The van der Waals surface area contributed by atoms with Crippen LogP contribution in [0.1, 0.15) is 25.0 Å². The van der Waals surface area contributed by atoms with Gasteiger partial charge in [0.1, 0.15) is 0 Å². The van der Waals surface area contributed by atoms with E-state index in [-0.39, 0.29) is 0 Å². The smallest absolute Gasteiger partial charge is 0.0452 e. The minimum atomic E-state index is 1.14. The molecule has 0 spiro atoms. The van der Waals surface area contributed by atoms with Gasteiger partial charge in [-0.2, -0.15) is 0 Å². The lowest BCUT2D eigenvalue weighted by molar-refractivity contribution is 0.750. The minimum absolute atomic E-state index is 1.14. The highest BCUT2D eigenvalue weighted by atomic mass is 15.2. The van der Waals surface area contributed by atoms with Gasteiger partial charge in [-0.25, -0.2) is 0 Å². The van der Waals surface area contributed by atoms with E-state index in [1.165, 1.54) is 17.7 Å². The molecule has 0 amide bonds. The van der Waals surface area contributed by atoms with Gasteiger partial charge in [0.25, 0.3) is 0 Å². The molecule has 0 aliphatic carbocycles. The number of hydrogen-bond donors (Lipinski definition) is 0. The minimum Gasteiger partial charge on any atom is -0.367 e. The summed E-state index contributed by atoms with van der Waals surface area (Å²) in [6.07, 6.45) is 1.17. The number of rotatable bonds is 2. The summed E-state index contributed by atoms with van der Waals surface area (Å²) in [4.78, 5) is 2.41. The molecule has 1 aliphatic heterocycles. The monoisotopic (exact) mass is 161 g/mol. The van der Waals surface area contributed by atoms with Crippen LogP contribution >= 0.6 is 0 Å². The molecule has 0 N–H and O–H groups in total. The van der Waals surface area contributed by atoms with Crippen LogP contribution in [0.4, 0.5) is 5.69 Å². The normalized spacial score (nSPS) is 14.0. The second-order valence-corrected chi connectivity index (χ2v) is 3.28. The standard InChI is InChI=1S/C11H15N/c1-3-9-6-5-7-11-10(9)8-12(11)4-2/h5-7H,3-4,8H2,1-2H3. The van der Waals surface area contributed by atoms with E-state index in [1.54, 1.807) is 5.56 Å². The van der Waals surface area contributed by atoms with Crippen LogP contribution in [0.5, 0.6) is 0 Å². The van der Waals surface area contributed by atoms with Crippen LogP contribution in [0.2, 0.25) is 0 Å². The molecule has 1 heterocycles. The van der Waals surface area contributed by atoms with E-state index < -0.39 is 0 Å². The third kappa shape index (κ3) is 0.927. The third-order valence-corrected chi connectivity index (χ3v) is 2.70. The molecule has 0 fully saturated rings. The highest BCUT2D eigenvalue weighted by Crippen LogP contribution is 2.34. The van der Waals surface area contributed by atoms with Gasteiger partial charge in [0, 0.05) is 18.8 Å². The van der Waals surface area contributed by atoms with E-state index in [0.717, 1.165) is 13.1 Å².